The number of aromatic nitrogens is 1. The van der Waals surface area contributed by atoms with Crippen LogP contribution in [-0.4, -0.2) is 17.6 Å². The van der Waals surface area contributed by atoms with Crippen molar-refractivity contribution < 1.29 is 18.3 Å². The number of rotatable bonds is 5. The van der Waals surface area contributed by atoms with Crippen LogP contribution < -0.4 is 5.73 Å². The highest BCUT2D eigenvalue weighted by Gasteiger charge is 2.19. The summed E-state index contributed by atoms with van der Waals surface area (Å²) < 4.78 is 30.9. The van der Waals surface area contributed by atoms with Gasteiger partial charge < -0.3 is 10.5 Å². The molecule has 1 rings (SSSR count). The first-order valence-corrected chi connectivity index (χ1v) is 6.39. The molecule has 0 saturated heterocycles. The molecule has 1 aromatic rings. The first-order chi connectivity index (χ1) is 8.49. The van der Waals surface area contributed by atoms with E-state index in [4.69, 9.17) is 10.5 Å². The molecule has 7 heteroatoms. The zero-order chi connectivity index (χ0) is 13.7. The highest BCUT2D eigenvalue weighted by Crippen LogP contribution is 2.26. The fourth-order valence-corrected chi connectivity index (χ4v) is 2.16. The summed E-state index contributed by atoms with van der Waals surface area (Å²) in [5.74, 6) is -0.498. The molecule has 1 heterocycles. The minimum Gasteiger partial charge on any atom is -0.466 e. The van der Waals surface area contributed by atoms with Crippen LogP contribution in [0.2, 0.25) is 0 Å². The van der Waals surface area contributed by atoms with E-state index < -0.39 is 12.4 Å². The number of hydrogen-bond donors (Lipinski definition) is 1. The number of ether oxygens (including phenoxy) is 1. The Labute approximate surface area is 117 Å². The average molecular weight is 370 g/mol. The molecule has 0 fully saturated rings. The van der Waals surface area contributed by atoms with E-state index in [1.54, 1.807) is 6.92 Å². The number of carbonyl (C=O) groups is 1. The lowest BCUT2D eigenvalue weighted by Crippen LogP contribution is -2.15. The minimum atomic E-state index is -2.64. The molecule has 0 amide bonds. The zero-order valence-corrected chi connectivity index (χ0v) is 11.9. The highest BCUT2D eigenvalue weighted by molar-refractivity contribution is 14.1. The Morgan fingerprint density at radius 3 is 2.78 bits per heavy atom. The summed E-state index contributed by atoms with van der Waals surface area (Å²) in [5.41, 5.74) is 5.77. The van der Waals surface area contributed by atoms with Crippen LogP contribution in [0.3, 0.4) is 0 Å². The molecule has 0 aliphatic rings. The van der Waals surface area contributed by atoms with Crippen LogP contribution >= 0.6 is 22.6 Å². The molecule has 0 bridgehead atoms. The van der Waals surface area contributed by atoms with Crippen molar-refractivity contribution in [1.29, 1.82) is 0 Å². The summed E-state index contributed by atoms with van der Waals surface area (Å²) in [7, 11) is 0. The van der Waals surface area contributed by atoms with Crippen LogP contribution in [0.5, 0.6) is 0 Å². The van der Waals surface area contributed by atoms with Crippen molar-refractivity contribution >= 4 is 28.6 Å². The summed E-state index contributed by atoms with van der Waals surface area (Å²) >= 11 is 1.83. The van der Waals surface area contributed by atoms with Gasteiger partial charge >= 0.3 is 5.97 Å². The molecular formula is C11H13F2IN2O2. The van der Waals surface area contributed by atoms with Gasteiger partial charge in [-0.15, -0.1) is 0 Å². The van der Waals surface area contributed by atoms with Gasteiger partial charge in [-0.1, -0.05) is 0 Å². The second-order valence-corrected chi connectivity index (χ2v) is 4.55. The van der Waals surface area contributed by atoms with Crippen LogP contribution in [0, 0.1) is 3.70 Å². The molecule has 0 radical (unpaired) electrons. The fourth-order valence-electron chi connectivity index (χ4n) is 1.54. The Morgan fingerprint density at radius 1 is 1.61 bits per heavy atom. The fraction of sp³-hybridized carbons (Fsp3) is 0.455. The third-order valence-corrected chi connectivity index (χ3v) is 2.82. The van der Waals surface area contributed by atoms with E-state index in [0.29, 0.717) is 3.70 Å². The predicted octanol–water partition coefficient (Wildman–Crippen LogP) is 2.19. The van der Waals surface area contributed by atoms with Gasteiger partial charge in [0.2, 0.25) is 0 Å². The molecule has 100 valence electrons. The molecule has 2 N–H and O–H groups in total. The summed E-state index contributed by atoms with van der Waals surface area (Å²) in [6.45, 7) is 1.83. The van der Waals surface area contributed by atoms with Crippen LogP contribution in [0.1, 0.15) is 30.2 Å². The molecule has 4 nitrogen and oxygen atoms in total. The average Bonchev–Trinajstić information content (AvgIpc) is 2.28. The molecule has 1 aromatic heterocycles. The number of nitrogens with two attached hydrogens (primary N) is 1. The van der Waals surface area contributed by atoms with Gasteiger partial charge in [-0.3, -0.25) is 4.79 Å². The van der Waals surface area contributed by atoms with Crippen LogP contribution in [0.4, 0.5) is 8.78 Å². The van der Waals surface area contributed by atoms with Crippen molar-refractivity contribution in [1.82, 2.24) is 4.98 Å². The maximum atomic E-state index is 12.9. The molecule has 0 atom stereocenters. The molecular weight excluding hydrogens is 357 g/mol. The third kappa shape index (κ3) is 3.84. The van der Waals surface area contributed by atoms with Gasteiger partial charge in [0, 0.05) is 12.1 Å². The van der Waals surface area contributed by atoms with Gasteiger partial charge in [0.15, 0.2) is 0 Å². The first-order valence-electron chi connectivity index (χ1n) is 5.31. The number of hydrogen-bond acceptors (Lipinski definition) is 4. The summed E-state index contributed by atoms with van der Waals surface area (Å²) in [4.78, 5) is 15.5. The van der Waals surface area contributed by atoms with Gasteiger partial charge in [0.25, 0.3) is 6.43 Å². The van der Waals surface area contributed by atoms with Gasteiger partial charge in [-0.25, -0.2) is 13.8 Å². The smallest absolute Gasteiger partial charge is 0.311 e. The van der Waals surface area contributed by atoms with Gasteiger partial charge in [-0.05, 0) is 41.1 Å². The number of pyridine rings is 1. The quantitative estimate of drug-likeness (QED) is 0.490. The van der Waals surface area contributed by atoms with E-state index in [0.717, 1.165) is 0 Å². The zero-order valence-electron chi connectivity index (χ0n) is 9.75. The summed E-state index contributed by atoms with van der Waals surface area (Å²) in [5, 5.41) is 0. The number of carbonyl (C=O) groups excluding carboxylic acids is 1. The second kappa shape index (κ2) is 6.93. The standard InChI is InChI=1S/C11H13F2IN2O2/c1-2-18-10(17)4-8-7(5-15)6(11(12)13)3-9(14)16-8/h3,11H,2,4-5,15H2,1H3. The molecule has 0 saturated carbocycles. The second-order valence-electron chi connectivity index (χ2n) is 3.45. The van der Waals surface area contributed by atoms with E-state index in [9.17, 15) is 13.6 Å². The van der Waals surface area contributed by atoms with Gasteiger partial charge in [-0.2, -0.15) is 0 Å². The Bertz CT molecular complexity index is 441. The molecule has 0 aromatic carbocycles. The van der Waals surface area contributed by atoms with Gasteiger partial charge in [0.1, 0.15) is 3.70 Å². The number of esters is 1. The van der Waals surface area contributed by atoms with Crippen molar-refractivity contribution in [2.75, 3.05) is 6.61 Å². The first kappa shape index (κ1) is 15.2. The van der Waals surface area contributed by atoms with Crippen molar-refractivity contribution in [3.8, 4) is 0 Å². The highest BCUT2D eigenvalue weighted by atomic mass is 127. The molecule has 0 unspecified atom stereocenters. The van der Waals surface area contributed by atoms with E-state index in [1.165, 1.54) is 6.07 Å². The van der Waals surface area contributed by atoms with Gasteiger partial charge in [0.05, 0.1) is 18.7 Å². The summed E-state index contributed by atoms with van der Waals surface area (Å²) in [6, 6.07) is 1.28. The Balaban J connectivity index is 3.13. The number of alkyl halides is 2. The SMILES string of the molecule is CCOC(=O)Cc1nc(I)cc(C(F)F)c1CN. The van der Waals surface area contributed by atoms with Crippen molar-refractivity contribution in [2.24, 2.45) is 5.73 Å². The van der Waals surface area contributed by atoms with E-state index in [-0.39, 0.29) is 36.4 Å². The molecule has 0 aliphatic heterocycles. The Hall–Kier alpha value is -0.830. The lowest BCUT2D eigenvalue weighted by Gasteiger charge is -2.12. The largest absolute Gasteiger partial charge is 0.466 e. The Morgan fingerprint density at radius 2 is 2.28 bits per heavy atom. The third-order valence-electron chi connectivity index (χ3n) is 2.27. The van der Waals surface area contributed by atoms with E-state index >= 15 is 0 Å². The molecule has 18 heavy (non-hydrogen) atoms. The maximum absolute atomic E-state index is 12.9. The lowest BCUT2D eigenvalue weighted by atomic mass is 10.0. The van der Waals surface area contributed by atoms with E-state index in [2.05, 4.69) is 4.98 Å². The minimum absolute atomic E-state index is 0.0850. The monoisotopic (exact) mass is 370 g/mol. The van der Waals surface area contributed by atoms with Crippen molar-refractivity contribution in [3.05, 3.63) is 26.6 Å². The summed E-state index contributed by atoms with van der Waals surface area (Å²) in [6.07, 6.45) is -2.78. The molecule has 0 aliphatic carbocycles. The maximum Gasteiger partial charge on any atom is 0.311 e. The Kier molecular flexibility index (Phi) is 5.86. The van der Waals surface area contributed by atoms with Crippen molar-refractivity contribution in [2.45, 2.75) is 26.3 Å². The van der Waals surface area contributed by atoms with Crippen molar-refractivity contribution in [3.63, 3.8) is 0 Å². The molecule has 0 spiro atoms. The number of nitrogens with zero attached hydrogens (tertiary/aromatic N) is 1. The van der Waals surface area contributed by atoms with Crippen LogP contribution in [0.15, 0.2) is 6.07 Å². The lowest BCUT2D eigenvalue weighted by molar-refractivity contribution is -0.142. The number of halogens is 3. The predicted molar refractivity (Wildman–Crippen MR) is 70.1 cm³/mol. The van der Waals surface area contributed by atoms with Crippen LogP contribution in [-0.2, 0) is 22.5 Å². The normalized spacial score (nSPS) is 10.8. The topological polar surface area (TPSA) is 65.2 Å². The van der Waals surface area contributed by atoms with E-state index in [1.807, 2.05) is 22.6 Å². The van der Waals surface area contributed by atoms with Crippen LogP contribution in [0.25, 0.3) is 0 Å².